The van der Waals surface area contributed by atoms with Crippen molar-refractivity contribution in [2.24, 2.45) is 16.7 Å². The fraction of sp³-hybridized carbons (Fsp3) is 0.379. The van der Waals surface area contributed by atoms with Gasteiger partial charge in [0.05, 0.1) is 0 Å². The van der Waals surface area contributed by atoms with E-state index in [-0.39, 0.29) is 16.7 Å². The lowest BCUT2D eigenvalue weighted by atomic mass is 9.59. The first kappa shape index (κ1) is 20.9. The molecule has 156 valence electrons. The lowest BCUT2D eigenvalue weighted by molar-refractivity contribution is 0.0381. The number of aliphatic hydroxyl groups is 1. The van der Waals surface area contributed by atoms with Gasteiger partial charge in [0, 0.05) is 5.92 Å². The van der Waals surface area contributed by atoms with Crippen molar-refractivity contribution >= 4 is 11.6 Å². The van der Waals surface area contributed by atoms with Crippen LogP contribution in [0.1, 0.15) is 58.2 Å². The van der Waals surface area contributed by atoms with Gasteiger partial charge < -0.3 is 5.11 Å². The Morgan fingerprint density at radius 2 is 1.47 bits per heavy atom. The Labute approximate surface area is 181 Å². The summed E-state index contributed by atoms with van der Waals surface area (Å²) in [6.45, 7) is 13.5. The van der Waals surface area contributed by atoms with Gasteiger partial charge in [0.15, 0.2) is 0 Å². The highest BCUT2D eigenvalue weighted by Crippen LogP contribution is 2.54. The zero-order valence-corrected chi connectivity index (χ0v) is 19.2. The number of benzene rings is 2. The van der Waals surface area contributed by atoms with Crippen LogP contribution in [-0.4, -0.2) is 10.7 Å². The molecule has 0 amide bonds. The van der Waals surface area contributed by atoms with Crippen LogP contribution in [0.2, 0.25) is 0 Å². The molecule has 0 saturated heterocycles. The van der Waals surface area contributed by atoms with Crippen LogP contribution >= 0.6 is 0 Å². The van der Waals surface area contributed by atoms with Crippen LogP contribution in [0.5, 0.6) is 0 Å². The van der Waals surface area contributed by atoms with Gasteiger partial charge in [-0.15, -0.1) is 0 Å². The third-order valence-electron chi connectivity index (χ3n) is 6.65. The Balaban J connectivity index is 1.96. The molecule has 0 aromatic heterocycles. The second-order valence-electron chi connectivity index (χ2n) is 11.0. The normalized spacial score (nSPS) is 24.1. The van der Waals surface area contributed by atoms with E-state index in [1.165, 1.54) is 16.7 Å². The molecule has 2 aliphatic carbocycles. The Hall–Kier alpha value is -2.38. The molecule has 1 nitrogen and oxygen atoms in total. The highest BCUT2D eigenvalue weighted by molar-refractivity contribution is 5.84. The molecule has 0 heterocycles. The summed E-state index contributed by atoms with van der Waals surface area (Å²) in [4.78, 5) is 0. The Morgan fingerprint density at radius 3 is 2.07 bits per heavy atom. The molecule has 0 saturated carbocycles. The third kappa shape index (κ3) is 3.50. The molecular formula is C29H34O. The SMILES string of the molecule is CC(C)(C)C1=CC(C(C)(C)C)C(O)(C2=Cc3ccccc3C2)C(c2ccccc2)=C1. The van der Waals surface area contributed by atoms with Crippen LogP contribution in [0, 0.1) is 16.7 Å². The smallest absolute Gasteiger partial charge is 0.119 e. The number of allylic oxidation sites excluding steroid dienone is 2. The summed E-state index contributed by atoms with van der Waals surface area (Å²) >= 11 is 0. The van der Waals surface area contributed by atoms with Crippen LogP contribution in [0.15, 0.2) is 77.9 Å². The first-order chi connectivity index (χ1) is 14.0. The molecule has 2 aromatic carbocycles. The molecule has 2 unspecified atom stereocenters. The zero-order chi connectivity index (χ0) is 21.7. The van der Waals surface area contributed by atoms with Gasteiger partial charge in [-0.2, -0.15) is 0 Å². The van der Waals surface area contributed by atoms with Crippen LogP contribution in [-0.2, 0) is 6.42 Å². The summed E-state index contributed by atoms with van der Waals surface area (Å²) < 4.78 is 0. The molecule has 2 atom stereocenters. The number of hydrogen-bond donors (Lipinski definition) is 1. The van der Waals surface area contributed by atoms with Crippen molar-refractivity contribution in [1.29, 1.82) is 0 Å². The van der Waals surface area contributed by atoms with Gasteiger partial charge in [-0.25, -0.2) is 0 Å². The first-order valence-corrected chi connectivity index (χ1v) is 11.0. The predicted octanol–water partition coefficient (Wildman–Crippen LogP) is 7.09. The average Bonchev–Trinajstić information content (AvgIpc) is 3.12. The summed E-state index contributed by atoms with van der Waals surface area (Å²) in [6, 6.07) is 18.9. The van der Waals surface area contributed by atoms with E-state index in [0.717, 1.165) is 23.1 Å². The van der Waals surface area contributed by atoms with Gasteiger partial charge in [0.1, 0.15) is 5.60 Å². The maximum absolute atomic E-state index is 12.7. The van der Waals surface area contributed by atoms with E-state index >= 15 is 0 Å². The molecule has 0 spiro atoms. The fourth-order valence-electron chi connectivity index (χ4n) is 4.94. The summed E-state index contributed by atoms with van der Waals surface area (Å²) in [6.07, 6.45) is 7.61. The quantitative estimate of drug-likeness (QED) is 0.572. The second kappa shape index (κ2) is 7.10. The van der Waals surface area contributed by atoms with Gasteiger partial charge >= 0.3 is 0 Å². The van der Waals surface area contributed by atoms with E-state index in [4.69, 9.17) is 0 Å². The van der Waals surface area contributed by atoms with Gasteiger partial charge in [-0.3, -0.25) is 0 Å². The maximum Gasteiger partial charge on any atom is 0.119 e. The largest absolute Gasteiger partial charge is 0.380 e. The van der Waals surface area contributed by atoms with Crippen LogP contribution in [0.4, 0.5) is 0 Å². The lowest BCUT2D eigenvalue weighted by Gasteiger charge is -2.48. The molecule has 0 aliphatic heterocycles. The van der Waals surface area contributed by atoms with E-state index < -0.39 is 5.60 Å². The van der Waals surface area contributed by atoms with Crippen LogP contribution in [0.25, 0.3) is 11.6 Å². The monoisotopic (exact) mass is 398 g/mol. The minimum absolute atomic E-state index is 0.0118. The summed E-state index contributed by atoms with van der Waals surface area (Å²) in [7, 11) is 0. The molecule has 30 heavy (non-hydrogen) atoms. The summed E-state index contributed by atoms with van der Waals surface area (Å²) in [5, 5.41) is 12.7. The van der Waals surface area contributed by atoms with Gasteiger partial charge in [0.2, 0.25) is 0 Å². The molecule has 0 radical (unpaired) electrons. The highest BCUT2D eigenvalue weighted by atomic mass is 16.3. The van der Waals surface area contributed by atoms with Crippen molar-refractivity contribution in [2.45, 2.75) is 53.6 Å². The number of hydrogen-bond acceptors (Lipinski definition) is 1. The van der Waals surface area contributed by atoms with Gasteiger partial charge in [-0.1, -0.05) is 114 Å². The predicted molar refractivity (Wildman–Crippen MR) is 128 cm³/mol. The van der Waals surface area contributed by atoms with E-state index in [2.05, 4.69) is 108 Å². The summed E-state index contributed by atoms with van der Waals surface area (Å²) in [5.74, 6) is -0.0278. The molecule has 1 heteroatoms. The fourth-order valence-corrected chi connectivity index (χ4v) is 4.94. The van der Waals surface area contributed by atoms with Gasteiger partial charge in [-0.05, 0) is 50.7 Å². The standard InChI is InChI=1S/C29H34O/c1-27(2,3)23-18-25(20-12-8-7-9-13-20)29(30,26(19-23)28(4,5)6)24-16-21-14-10-11-15-22(21)17-24/h7-16,18-19,26,30H,17H2,1-6H3. The third-order valence-corrected chi connectivity index (χ3v) is 6.65. The second-order valence-corrected chi connectivity index (χ2v) is 11.0. The van der Waals surface area contributed by atoms with Gasteiger partial charge in [0.25, 0.3) is 0 Å². The average molecular weight is 399 g/mol. The minimum atomic E-state index is -1.05. The molecule has 2 aliphatic rings. The highest BCUT2D eigenvalue weighted by Gasteiger charge is 2.50. The molecule has 4 rings (SSSR count). The van der Waals surface area contributed by atoms with E-state index in [9.17, 15) is 5.11 Å². The zero-order valence-electron chi connectivity index (χ0n) is 19.2. The minimum Gasteiger partial charge on any atom is -0.380 e. The molecular weight excluding hydrogens is 364 g/mol. The topological polar surface area (TPSA) is 20.2 Å². The van der Waals surface area contributed by atoms with E-state index in [1.807, 2.05) is 6.07 Å². The molecule has 1 N–H and O–H groups in total. The van der Waals surface area contributed by atoms with Crippen molar-refractivity contribution in [3.63, 3.8) is 0 Å². The van der Waals surface area contributed by atoms with E-state index in [0.29, 0.717) is 0 Å². The Kier molecular flexibility index (Phi) is 4.94. The number of rotatable bonds is 2. The van der Waals surface area contributed by atoms with Crippen molar-refractivity contribution in [2.75, 3.05) is 0 Å². The van der Waals surface area contributed by atoms with Crippen molar-refractivity contribution < 1.29 is 5.11 Å². The Bertz CT molecular complexity index is 1040. The van der Waals surface area contributed by atoms with Crippen LogP contribution < -0.4 is 0 Å². The molecule has 2 aromatic rings. The number of fused-ring (bicyclic) bond motifs is 1. The Morgan fingerprint density at radius 1 is 0.833 bits per heavy atom. The van der Waals surface area contributed by atoms with E-state index in [1.54, 1.807) is 0 Å². The van der Waals surface area contributed by atoms with Crippen molar-refractivity contribution in [1.82, 2.24) is 0 Å². The van der Waals surface area contributed by atoms with Crippen LogP contribution in [0.3, 0.4) is 0 Å². The molecule has 0 bridgehead atoms. The van der Waals surface area contributed by atoms with Crippen molar-refractivity contribution in [3.8, 4) is 0 Å². The molecule has 0 fully saturated rings. The first-order valence-electron chi connectivity index (χ1n) is 11.0. The maximum atomic E-state index is 12.7. The lowest BCUT2D eigenvalue weighted by Crippen LogP contribution is -2.48. The summed E-state index contributed by atoms with van der Waals surface area (Å²) in [5.41, 5.74) is 5.90. The van der Waals surface area contributed by atoms with Crippen molar-refractivity contribution in [3.05, 3.63) is 94.6 Å².